The number of anilines is 1. The van der Waals surface area contributed by atoms with Crippen molar-refractivity contribution in [1.82, 2.24) is 0 Å². The van der Waals surface area contributed by atoms with Crippen molar-refractivity contribution in [1.29, 1.82) is 0 Å². The van der Waals surface area contributed by atoms with E-state index in [-0.39, 0.29) is 10.7 Å². The Hall–Kier alpha value is -0.800. The van der Waals surface area contributed by atoms with Gasteiger partial charge in [-0.3, -0.25) is 0 Å². The molecule has 0 saturated heterocycles. The Bertz CT molecular complexity index is 327. The van der Waals surface area contributed by atoms with Crippen molar-refractivity contribution in [2.75, 3.05) is 5.73 Å². The number of nitrogens with two attached hydrogens (primary N) is 2. The van der Waals surface area contributed by atoms with Crippen molar-refractivity contribution in [2.45, 2.75) is 25.8 Å². The quantitative estimate of drug-likeness (QED) is 0.747. The van der Waals surface area contributed by atoms with Crippen LogP contribution < -0.4 is 11.5 Å². The molecule has 0 spiro atoms. The molecule has 1 atom stereocenters. The van der Waals surface area contributed by atoms with Crippen molar-refractivity contribution >= 4 is 17.3 Å². The third-order valence-electron chi connectivity index (χ3n) is 2.47. The Kier molecular flexibility index (Phi) is 3.02. The van der Waals surface area contributed by atoms with Gasteiger partial charge in [0, 0.05) is 5.54 Å². The molecule has 0 amide bonds. The third kappa shape index (κ3) is 1.99. The lowest BCUT2D eigenvalue weighted by molar-refractivity contribution is 0.472. The van der Waals surface area contributed by atoms with Gasteiger partial charge in [0.25, 0.3) is 0 Å². The van der Waals surface area contributed by atoms with E-state index in [0.29, 0.717) is 12.0 Å². The van der Waals surface area contributed by atoms with E-state index in [1.807, 2.05) is 13.8 Å². The summed E-state index contributed by atoms with van der Waals surface area (Å²) < 4.78 is 13.2. The first-order chi connectivity index (χ1) is 6.38. The zero-order chi connectivity index (χ0) is 10.9. The summed E-state index contributed by atoms with van der Waals surface area (Å²) in [6, 6.07) is 2.95. The molecule has 78 valence electrons. The zero-order valence-corrected chi connectivity index (χ0v) is 9.03. The number of benzene rings is 1. The predicted octanol–water partition coefficient (Wildman–Crippen LogP) is 2.65. The number of halogens is 2. The molecular weight excluding hydrogens is 203 g/mol. The summed E-state index contributed by atoms with van der Waals surface area (Å²) in [7, 11) is 0. The summed E-state index contributed by atoms with van der Waals surface area (Å²) in [5.74, 6) is -0.516. The number of nitrogen functional groups attached to an aromatic ring is 1. The summed E-state index contributed by atoms with van der Waals surface area (Å²) in [5.41, 5.74) is 11.4. The third-order valence-corrected chi connectivity index (χ3v) is 2.79. The normalized spacial score (nSPS) is 15.2. The molecule has 1 aromatic carbocycles. The zero-order valence-electron chi connectivity index (χ0n) is 8.27. The van der Waals surface area contributed by atoms with E-state index >= 15 is 0 Å². The van der Waals surface area contributed by atoms with Crippen LogP contribution in [0.4, 0.5) is 10.1 Å². The molecule has 1 aromatic rings. The van der Waals surface area contributed by atoms with Gasteiger partial charge in [-0.05, 0) is 31.0 Å². The van der Waals surface area contributed by atoms with Gasteiger partial charge in [0.05, 0.1) is 10.7 Å². The Morgan fingerprint density at radius 3 is 2.50 bits per heavy atom. The SMILES string of the molecule is CCC(C)(N)c1cc(F)c(N)c(Cl)c1. The largest absolute Gasteiger partial charge is 0.395 e. The smallest absolute Gasteiger partial charge is 0.147 e. The van der Waals surface area contributed by atoms with Crippen LogP contribution in [0.3, 0.4) is 0 Å². The minimum Gasteiger partial charge on any atom is -0.395 e. The van der Waals surface area contributed by atoms with E-state index in [4.69, 9.17) is 23.1 Å². The predicted molar refractivity (Wildman–Crippen MR) is 57.7 cm³/mol. The second-order valence-electron chi connectivity index (χ2n) is 3.62. The molecular formula is C10H14ClFN2. The highest BCUT2D eigenvalue weighted by Crippen LogP contribution is 2.29. The lowest BCUT2D eigenvalue weighted by atomic mass is 9.90. The highest BCUT2D eigenvalue weighted by Gasteiger charge is 2.21. The van der Waals surface area contributed by atoms with Gasteiger partial charge in [0.2, 0.25) is 0 Å². The molecule has 0 radical (unpaired) electrons. The molecule has 2 nitrogen and oxygen atoms in total. The van der Waals surface area contributed by atoms with Crippen molar-refractivity contribution in [2.24, 2.45) is 5.73 Å². The number of rotatable bonds is 2. The Labute approximate surface area is 88.0 Å². The molecule has 0 fully saturated rings. The van der Waals surface area contributed by atoms with Gasteiger partial charge in [0.1, 0.15) is 5.82 Å². The Morgan fingerprint density at radius 2 is 2.07 bits per heavy atom. The van der Waals surface area contributed by atoms with Crippen LogP contribution in [0.15, 0.2) is 12.1 Å². The summed E-state index contributed by atoms with van der Waals surface area (Å²) in [6.45, 7) is 3.76. The van der Waals surface area contributed by atoms with E-state index in [2.05, 4.69) is 0 Å². The summed E-state index contributed by atoms with van der Waals surface area (Å²) in [4.78, 5) is 0. The van der Waals surface area contributed by atoms with Gasteiger partial charge in [0.15, 0.2) is 0 Å². The molecule has 1 rings (SSSR count). The van der Waals surface area contributed by atoms with E-state index in [0.717, 1.165) is 0 Å². The molecule has 0 aliphatic rings. The first kappa shape index (κ1) is 11.3. The van der Waals surface area contributed by atoms with Gasteiger partial charge in [-0.2, -0.15) is 0 Å². The fraction of sp³-hybridized carbons (Fsp3) is 0.400. The van der Waals surface area contributed by atoms with Crippen LogP contribution in [-0.2, 0) is 5.54 Å². The lowest BCUT2D eigenvalue weighted by Crippen LogP contribution is -2.32. The average molecular weight is 217 g/mol. The van der Waals surface area contributed by atoms with Crippen LogP contribution >= 0.6 is 11.6 Å². The molecule has 4 N–H and O–H groups in total. The summed E-state index contributed by atoms with van der Waals surface area (Å²) in [6.07, 6.45) is 0.701. The standard InChI is InChI=1S/C10H14ClFN2/c1-3-10(2,14)6-4-7(11)9(13)8(12)5-6/h4-5H,3,13-14H2,1-2H3. The summed E-state index contributed by atoms with van der Waals surface area (Å²) in [5, 5.41) is 0.213. The average Bonchev–Trinajstić information content (AvgIpc) is 2.13. The second-order valence-corrected chi connectivity index (χ2v) is 4.03. The fourth-order valence-corrected chi connectivity index (χ4v) is 1.33. The van der Waals surface area contributed by atoms with E-state index < -0.39 is 11.4 Å². The highest BCUT2D eigenvalue weighted by molar-refractivity contribution is 6.33. The molecule has 4 heteroatoms. The van der Waals surface area contributed by atoms with Crippen LogP contribution in [0.5, 0.6) is 0 Å². The second kappa shape index (κ2) is 3.75. The van der Waals surface area contributed by atoms with Crippen molar-refractivity contribution in [3.63, 3.8) is 0 Å². The maximum atomic E-state index is 13.2. The first-order valence-electron chi connectivity index (χ1n) is 4.42. The van der Waals surface area contributed by atoms with Gasteiger partial charge < -0.3 is 11.5 Å². The molecule has 0 saturated carbocycles. The molecule has 0 aromatic heterocycles. The van der Waals surface area contributed by atoms with Crippen LogP contribution in [0.25, 0.3) is 0 Å². The van der Waals surface area contributed by atoms with Gasteiger partial charge in [-0.25, -0.2) is 4.39 Å². The van der Waals surface area contributed by atoms with Gasteiger partial charge >= 0.3 is 0 Å². The molecule has 1 unspecified atom stereocenters. The Balaban J connectivity index is 3.26. The summed E-state index contributed by atoms with van der Waals surface area (Å²) >= 11 is 5.76. The first-order valence-corrected chi connectivity index (χ1v) is 4.80. The minimum atomic E-state index is -0.571. The topological polar surface area (TPSA) is 52.0 Å². The maximum absolute atomic E-state index is 13.2. The van der Waals surface area contributed by atoms with E-state index in [1.54, 1.807) is 6.07 Å². The number of hydrogen-bond acceptors (Lipinski definition) is 2. The molecule has 0 aliphatic carbocycles. The molecule has 0 bridgehead atoms. The lowest BCUT2D eigenvalue weighted by Gasteiger charge is -2.23. The van der Waals surface area contributed by atoms with Crippen LogP contribution in [-0.4, -0.2) is 0 Å². The van der Waals surface area contributed by atoms with Crippen molar-refractivity contribution in [3.8, 4) is 0 Å². The fourth-order valence-electron chi connectivity index (χ4n) is 1.12. The van der Waals surface area contributed by atoms with Crippen molar-refractivity contribution in [3.05, 3.63) is 28.5 Å². The maximum Gasteiger partial charge on any atom is 0.147 e. The molecule has 0 aliphatic heterocycles. The minimum absolute atomic E-state index is 0.0256. The van der Waals surface area contributed by atoms with Crippen LogP contribution in [0.2, 0.25) is 5.02 Å². The highest BCUT2D eigenvalue weighted by atomic mass is 35.5. The van der Waals surface area contributed by atoms with Gasteiger partial charge in [-0.1, -0.05) is 18.5 Å². The van der Waals surface area contributed by atoms with Gasteiger partial charge in [-0.15, -0.1) is 0 Å². The van der Waals surface area contributed by atoms with Crippen molar-refractivity contribution < 1.29 is 4.39 Å². The molecule has 0 heterocycles. The van der Waals surface area contributed by atoms with E-state index in [9.17, 15) is 4.39 Å². The van der Waals surface area contributed by atoms with Crippen LogP contribution in [0.1, 0.15) is 25.8 Å². The molecule has 14 heavy (non-hydrogen) atoms. The van der Waals surface area contributed by atoms with E-state index in [1.165, 1.54) is 6.07 Å². The van der Waals surface area contributed by atoms with Crippen LogP contribution in [0, 0.1) is 5.82 Å². The Morgan fingerprint density at radius 1 is 1.50 bits per heavy atom. The number of hydrogen-bond donors (Lipinski definition) is 2. The monoisotopic (exact) mass is 216 g/mol.